The van der Waals surface area contributed by atoms with Gasteiger partial charge < -0.3 is 9.30 Å². The molecule has 2 aromatic rings. The van der Waals surface area contributed by atoms with Gasteiger partial charge in [-0.2, -0.15) is 0 Å². The second-order valence-corrected chi connectivity index (χ2v) is 9.20. The molecule has 1 aliphatic heterocycles. The molecular weight excluding hydrogens is 291 g/mol. The van der Waals surface area contributed by atoms with Gasteiger partial charge in [0.15, 0.2) is 0 Å². The molecule has 0 amide bonds. The molecule has 116 valence electrons. The van der Waals surface area contributed by atoms with Crippen molar-refractivity contribution in [2.45, 2.75) is 44.6 Å². The Kier molecular flexibility index (Phi) is 4.01. The lowest BCUT2D eigenvalue weighted by molar-refractivity contribution is 0.283. The van der Waals surface area contributed by atoms with Gasteiger partial charge in [-0.05, 0) is 13.3 Å². The van der Waals surface area contributed by atoms with E-state index in [2.05, 4.69) is 20.8 Å². The third-order valence-corrected chi connectivity index (χ3v) is 8.77. The summed E-state index contributed by atoms with van der Waals surface area (Å²) in [5.74, 6) is 0. The molecule has 0 N–H and O–H groups in total. The molecule has 1 heterocycles. The van der Waals surface area contributed by atoms with Crippen molar-refractivity contribution < 1.29 is 9.30 Å². The van der Waals surface area contributed by atoms with Crippen LogP contribution in [-0.4, -0.2) is 17.4 Å². The molecule has 3 atom stereocenters. The average Bonchev–Trinajstić information content (AvgIpc) is 3.26. The van der Waals surface area contributed by atoms with Crippen molar-refractivity contribution in [3.8, 4) is 0 Å². The molecule has 2 aromatic carbocycles. The topological polar surface area (TPSA) is 29.6 Å². The molecule has 22 heavy (non-hydrogen) atoms. The quantitative estimate of drug-likeness (QED) is 0.617. The highest BCUT2D eigenvalue weighted by atomic mass is 31.2. The molecule has 3 heteroatoms. The third-order valence-electron chi connectivity index (χ3n) is 5.11. The van der Waals surface area contributed by atoms with E-state index in [1.54, 1.807) is 0 Å². The first kappa shape index (κ1) is 15.5. The minimum absolute atomic E-state index is 0.0372. The zero-order valence-corrected chi connectivity index (χ0v) is 14.3. The lowest BCUT2D eigenvalue weighted by Gasteiger charge is -2.30. The second kappa shape index (κ2) is 5.68. The Morgan fingerprint density at radius 2 is 1.45 bits per heavy atom. The predicted molar refractivity (Wildman–Crippen MR) is 92.8 cm³/mol. The summed E-state index contributed by atoms with van der Waals surface area (Å²) in [6, 6.07) is 19.7. The number of benzene rings is 2. The summed E-state index contributed by atoms with van der Waals surface area (Å²) in [4.78, 5) is 0. The Balaban J connectivity index is 2.15. The second-order valence-electron chi connectivity index (χ2n) is 6.07. The van der Waals surface area contributed by atoms with Crippen LogP contribution < -0.4 is 10.6 Å². The molecule has 0 spiro atoms. The number of epoxide rings is 1. The molecule has 1 saturated heterocycles. The Bertz CT molecular complexity index is 636. The maximum atomic E-state index is 14.2. The van der Waals surface area contributed by atoms with Crippen LogP contribution in [0.2, 0.25) is 0 Å². The fraction of sp³-hybridized carbons (Fsp3) is 0.368. The van der Waals surface area contributed by atoms with Crippen LogP contribution in [0.3, 0.4) is 0 Å². The maximum Gasteiger partial charge on any atom is 0.148 e. The predicted octanol–water partition coefficient (Wildman–Crippen LogP) is 3.96. The fourth-order valence-corrected chi connectivity index (χ4v) is 7.09. The summed E-state index contributed by atoms with van der Waals surface area (Å²) in [6.07, 6.45) is 1.06. The maximum absolute atomic E-state index is 14.2. The number of hydrogen-bond acceptors (Lipinski definition) is 2. The van der Waals surface area contributed by atoms with Crippen molar-refractivity contribution in [3.63, 3.8) is 0 Å². The van der Waals surface area contributed by atoms with Gasteiger partial charge in [0.05, 0.1) is 6.10 Å². The van der Waals surface area contributed by atoms with E-state index in [4.69, 9.17) is 4.74 Å². The van der Waals surface area contributed by atoms with Gasteiger partial charge in [-0.25, -0.2) is 0 Å². The zero-order chi connectivity index (χ0) is 15.8. The molecule has 3 rings (SSSR count). The summed E-state index contributed by atoms with van der Waals surface area (Å²) in [5.41, 5.74) is -0.300. The molecular formula is C19H23O2P. The van der Waals surface area contributed by atoms with Crippen molar-refractivity contribution in [2.24, 2.45) is 0 Å². The van der Waals surface area contributed by atoms with Crippen LogP contribution in [0.4, 0.5) is 0 Å². The van der Waals surface area contributed by atoms with Gasteiger partial charge in [0.1, 0.15) is 12.7 Å². The standard InChI is InChI=1S/C19H23O2P/c1-4-19(15(2)21-19)16(3)22(20,17-11-7-5-8-12-17)18-13-9-6-10-14-18/h5-16H,4H2,1-3H3. The van der Waals surface area contributed by atoms with Crippen LogP contribution in [0.15, 0.2) is 60.7 Å². The molecule has 0 bridgehead atoms. The zero-order valence-electron chi connectivity index (χ0n) is 13.4. The summed E-state index contributed by atoms with van der Waals surface area (Å²) >= 11 is 0. The van der Waals surface area contributed by atoms with E-state index < -0.39 is 7.14 Å². The molecule has 0 radical (unpaired) electrons. The molecule has 1 aliphatic rings. The van der Waals surface area contributed by atoms with E-state index in [1.807, 2.05) is 60.7 Å². The minimum atomic E-state index is -2.75. The van der Waals surface area contributed by atoms with Gasteiger partial charge >= 0.3 is 0 Å². The van der Waals surface area contributed by atoms with Crippen molar-refractivity contribution in [1.29, 1.82) is 0 Å². The van der Waals surface area contributed by atoms with Gasteiger partial charge in [0, 0.05) is 16.3 Å². The highest BCUT2D eigenvalue weighted by Gasteiger charge is 2.61. The Morgan fingerprint density at radius 3 is 1.77 bits per heavy atom. The van der Waals surface area contributed by atoms with Crippen molar-refractivity contribution in [2.75, 3.05) is 0 Å². The van der Waals surface area contributed by atoms with Gasteiger partial charge in [-0.1, -0.05) is 74.5 Å². The van der Waals surface area contributed by atoms with Crippen LogP contribution >= 0.6 is 7.14 Å². The molecule has 0 saturated carbocycles. The monoisotopic (exact) mass is 314 g/mol. The van der Waals surface area contributed by atoms with E-state index >= 15 is 0 Å². The van der Waals surface area contributed by atoms with Crippen LogP contribution in [-0.2, 0) is 9.30 Å². The van der Waals surface area contributed by atoms with E-state index in [9.17, 15) is 4.57 Å². The van der Waals surface area contributed by atoms with Gasteiger partial charge in [0.2, 0.25) is 0 Å². The Labute approximate surface area is 132 Å². The first-order valence-electron chi connectivity index (χ1n) is 7.94. The first-order valence-corrected chi connectivity index (χ1v) is 9.72. The third kappa shape index (κ3) is 2.26. The molecule has 0 aliphatic carbocycles. The normalized spacial score (nSPS) is 25.7. The van der Waals surface area contributed by atoms with Crippen LogP contribution in [0.5, 0.6) is 0 Å². The van der Waals surface area contributed by atoms with Crippen molar-refractivity contribution in [1.82, 2.24) is 0 Å². The number of hydrogen-bond donors (Lipinski definition) is 0. The highest BCUT2D eigenvalue weighted by Crippen LogP contribution is 2.60. The fourth-order valence-electron chi connectivity index (χ4n) is 3.60. The van der Waals surface area contributed by atoms with E-state index in [0.29, 0.717) is 0 Å². The highest BCUT2D eigenvalue weighted by molar-refractivity contribution is 7.79. The van der Waals surface area contributed by atoms with Crippen LogP contribution in [0.25, 0.3) is 0 Å². The number of ether oxygens (including phenoxy) is 1. The average molecular weight is 314 g/mol. The van der Waals surface area contributed by atoms with Crippen molar-refractivity contribution >= 4 is 17.8 Å². The lowest BCUT2D eigenvalue weighted by Crippen LogP contribution is -2.36. The van der Waals surface area contributed by atoms with E-state index in [1.165, 1.54) is 0 Å². The summed E-state index contributed by atoms with van der Waals surface area (Å²) in [5, 5.41) is 1.84. The first-order chi connectivity index (χ1) is 10.6. The minimum Gasteiger partial charge on any atom is -0.366 e. The number of rotatable bonds is 5. The smallest absolute Gasteiger partial charge is 0.148 e. The van der Waals surface area contributed by atoms with Crippen molar-refractivity contribution in [3.05, 3.63) is 60.7 Å². The summed E-state index contributed by atoms with van der Waals surface area (Å²) in [6.45, 7) is 6.30. The van der Waals surface area contributed by atoms with Crippen LogP contribution in [0.1, 0.15) is 27.2 Å². The van der Waals surface area contributed by atoms with Gasteiger partial charge in [0.25, 0.3) is 0 Å². The molecule has 2 nitrogen and oxygen atoms in total. The van der Waals surface area contributed by atoms with E-state index in [-0.39, 0.29) is 17.4 Å². The van der Waals surface area contributed by atoms with Gasteiger partial charge in [-0.15, -0.1) is 0 Å². The van der Waals surface area contributed by atoms with E-state index in [0.717, 1.165) is 17.0 Å². The summed E-state index contributed by atoms with van der Waals surface area (Å²) < 4.78 is 20.2. The van der Waals surface area contributed by atoms with Crippen LogP contribution in [0, 0.1) is 0 Å². The molecule has 1 fully saturated rings. The lowest BCUT2D eigenvalue weighted by atomic mass is 9.99. The van der Waals surface area contributed by atoms with Gasteiger partial charge in [-0.3, -0.25) is 0 Å². The molecule has 0 aromatic heterocycles. The Hall–Kier alpha value is -1.37. The summed E-state index contributed by atoms with van der Waals surface area (Å²) in [7, 11) is -2.75. The largest absolute Gasteiger partial charge is 0.366 e. The Morgan fingerprint density at radius 1 is 1.05 bits per heavy atom. The SMILES string of the molecule is CCC1(C(C)P(=O)(c2ccccc2)c2ccccc2)OC1C. The molecule has 3 unspecified atom stereocenters.